The number of aromatic nitrogens is 2. The number of anilines is 1. The molecule has 2 aromatic rings. The highest BCUT2D eigenvalue weighted by Gasteiger charge is 2.22. The number of carbonyl (C=O) groups excluding carboxylic acids is 1. The maximum atomic E-state index is 12.4. The third-order valence-corrected chi connectivity index (χ3v) is 5.07. The van der Waals surface area contributed by atoms with E-state index < -0.39 is 0 Å². The van der Waals surface area contributed by atoms with Gasteiger partial charge in [-0.2, -0.15) is 0 Å². The summed E-state index contributed by atoms with van der Waals surface area (Å²) in [6.45, 7) is 0. The molecule has 0 atom stereocenters. The minimum Gasteiger partial charge on any atom is -0.327 e. The van der Waals surface area contributed by atoms with Gasteiger partial charge in [-0.3, -0.25) is 4.79 Å². The molecule has 1 aromatic carbocycles. The van der Waals surface area contributed by atoms with Crippen LogP contribution < -0.4 is 5.32 Å². The van der Waals surface area contributed by atoms with Crippen LogP contribution in [0.5, 0.6) is 0 Å². The third-order valence-electron chi connectivity index (χ3n) is 3.78. The summed E-state index contributed by atoms with van der Waals surface area (Å²) in [5, 5.41) is 3.32. The molecular formula is C15H15BrClN3O. The summed E-state index contributed by atoms with van der Waals surface area (Å²) in [5.74, 6) is 0.213. The molecule has 0 spiro atoms. The van der Waals surface area contributed by atoms with Gasteiger partial charge in [-0.1, -0.05) is 17.7 Å². The number of hydrogen-bond acceptors (Lipinski definition) is 2. The van der Waals surface area contributed by atoms with Gasteiger partial charge in [0.15, 0.2) is 5.82 Å². The molecular weight excluding hydrogens is 354 g/mol. The zero-order valence-electron chi connectivity index (χ0n) is 11.6. The summed E-state index contributed by atoms with van der Waals surface area (Å²) in [6, 6.07) is 5.43. The quantitative estimate of drug-likeness (QED) is 0.872. The molecule has 1 N–H and O–H groups in total. The third kappa shape index (κ3) is 2.72. The summed E-state index contributed by atoms with van der Waals surface area (Å²) >= 11 is 9.53. The molecule has 3 rings (SSSR count). The van der Waals surface area contributed by atoms with Gasteiger partial charge < -0.3 is 9.88 Å². The monoisotopic (exact) mass is 367 g/mol. The fourth-order valence-corrected chi connectivity index (χ4v) is 3.21. The highest BCUT2D eigenvalue weighted by Crippen LogP contribution is 2.30. The Morgan fingerprint density at radius 1 is 1.38 bits per heavy atom. The zero-order valence-corrected chi connectivity index (χ0v) is 14.0. The second-order valence-electron chi connectivity index (χ2n) is 5.15. The van der Waals surface area contributed by atoms with Crippen LogP contribution >= 0.6 is 27.5 Å². The largest absolute Gasteiger partial charge is 0.327 e. The minimum atomic E-state index is -0.230. The SMILES string of the molecule is Cn1c(C(=O)Nc2cccc(Br)c2Cl)nc2c1CCCC2. The van der Waals surface area contributed by atoms with Gasteiger partial charge in [-0.15, -0.1) is 0 Å². The van der Waals surface area contributed by atoms with E-state index in [1.165, 1.54) is 5.69 Å². The van der Waals surface area contributed by atoms with E-state index in [-0.39, 0.29) is 5.91 Å². The lowest BCUT2D eigenvalue weighted by atomic mass is 10.0. The molecule has 0 saturated heterocycles. The lowest BCUT2D eigenvalue weighted by Gasteiger charge is -2.11. The van der Waals surface area contributed by atoms with Gasteiger partial charge >= 0.3 is 0 Å². The first-order valence-corrected chi connectivity index (χ1v) is 8.05. The first kappa shape index (κ1) is 14.6. The molecule has 1 aliphatic rings. The second kappa shape index (κ2) is 5.81. The molecule has 4 nitrogen and oxygen atoms in total. The van der Waals surface area contributed by atoms with Crippen molar-refractivity contribution in [3.63, 3.8) is 0 Å². The Morgan fingerprint density at radius 3 is 2.90 bits per heavy atom. The number of carbonyl (C=O) groups is 1. The summed E-state index contributed by atoms with van der Waals surface area (Å²) < 4.78 is 2.65. The fraction of sp³-hybridized carbons (Fsp3) is 0.333. The fourth-order valence-electron chi connectivity index (χ4n) is 2.67. The van der Waals surface area contributed by atoms with E-state index in [0.29, 0.717) is 16.5 Å². The van der Waals surface area contributed by atoms with E-state index in [2.05, 4.69) is 26.2 Å². The predicted molar refractivity (Wildman–Crippen MR) is 87.0 cm³/mol. The first-order chi connectivity index (χ1) is 10.1. The maximum absolute atomic E-state index is 12.4. The van der Waals surface area contributed by atoms with E-state index in [4.69, 9.17) is 11.6 Å². The molecule has 110 valence electrons. The van der Waals surface area contributed by atoms with Crippen LogP contribution in [-0.2, 0) is 19.9 Å². The van der Waals surface area contributed by atoms with Crippen molar-refractivity contribution in [1.29, 1.82) is 0 Å². The lowest BCUT2D eigenvalue weighted by molar-refractivity contribution is 0.101. The Balaban J connectivity index is 1.89. The molecule has 0 fully saturated rings. The Labute approximate surface area is 136 Å². The number of fused-ring (bicyclic) bond motifs is 1. The Hall–Kier alpha value is -1.33. The van der Waals surface area contributed by atoms with E-state index in [0.717, 1.165) is 35.8 Å². The molecule has 0 aliphatic heterocycles. The van der Waals surface area contributed by atoms with Crippen molar-refractivity contribution in [2.24, 2.45) is 7.05 Å². The van der Waals surface area contributed by atoms with Gasteiger partial charge in [0.25, 0.3) is 5.91 Å². The van der Waals surface area contributed by atoms with Crippen LogP contribution in [0.3, 0.4) is 0 Å². The smallest absolute Gasteiger partial charge is 0.291 e. The standard InChI is InChI=1S/C15H15BrClN3O/c1-20-12-8-3-2-6-10(12)18-14(20)15(21)19-11-7-4-5-9(16)13(11)17/h4-5,7H,2-3,6,8H2,1H3,(H,19,21). The zero-order chi connectivity index (χ0) is 15.0. The molecule has 1 aromatic heterocycles. The van der Waals surface area contributed by atoms with Crippen molar-refractivity contribution < 1.29 is 4.79 Å². The van der Waals surface area contributed by atoms with E-state index in [9.17, 15) is 4.79 Å². The van der Waals surface area contributed by atoms with E-state index in [1.807, 2.05) is 23.7 Å². The van der Waals surface area contributed by atoms with Crippen LogP contribution in [0.1, 0.15) is 34.8 Å². The molecule has 1 amide bonds. The normalized spacial score (nSPS) is 13.9. The number of imidazole rings is 1. The maximum Gasteiger partial charge on any atom is 0.291 e. The van der Waals surface area contributed by atoms with Gasteiger partial charge in [-0.25, -0.2) is 4.98 Å². The summed E-state index contributed by atoms with van der Waals surface area (Å²) in [6.07, 6.45) is 4.24. The number of nitrogens with zero attached hydrogens (tertiary/aromatic N) is 2. The van der Waals surface area contributed by atoms with Crippen LogP contribution in [-0.4, -0.2) is 15.5 Å². The second-order valence-corrected chi connectivity index (χ2v) is 6.38. The number of amides is 1. The number of benzene rings is 1. The van der Waals surface area contributed by atoms with Gasteiger partial charge in [0, 0.05) is 17.2 Å². The molecule has 1 aliphatic carbocycles. The minimum absolute atomic E-state index is 0.230. The van der Waals surface area contributed by atoms with Crippen LogP contribution in [0.15, 0.2) is 22.7 Å². The molecule has 0 bridgehead atoms. The van der Waals surface area contributed by atoms with Crippen molar-refractivity contribution >= 4 is 39.1 Å². The van der Waals surface area contributed by atoms with E-state index in [1.54, 1.807) is 6.07 Å². The summed E-state index contributed by atoms with van der Waals surface area (Å²) in [5.41, 5.74) is 2.80. The van der Waals surface area contributed by atoms with Crippen molar-refractivity contribution in [3.8, 4) is 0 Å². The Bertz CT molecular complexity index is 711. The van der Waals surface area contributed by atoms with Crippen molar-refractivity contribution in [2.45, 2.75) is 25.7 Å². The highest BCUT2D eigenvalue weighted by atomic mass is 79.9. The predicted octanol–water partition coefficient (Wildman–Crippen LogP) is 3.97. The number of nitrogens with one attached hydrogen (secondary N) is 1. The Morgan fingerprint density at radius 2 is 2.14 bits per heavy atom. The highest BCUT2D eigenvalue weighted by molar-refractivity contribution is 9.10. The lowest BCUT2D eigenvalue weighted by Crippen LogP contribution is -2.18. The number of rotatable bonds is 2. The molecule has 6 heteroatoms. The average Bonchev–Trinajstić information content (AvgIpc) is 2.82. The van der Waals surface area contributed by atoms with Crippen LogP contribution in [0, 0.1) is 0 Å². The molecule has 0 unspecified atom stereocenters. The topological polar surface area (TPSA) is 46.9 Å². The van der Waals surface area contributed by atoms with Crippen LogP contribution in [0.2, 0.25) is 5.02 Å². The Kier molecular flexibility index (Phi) is 4.04. The number of hydrogen-bond donors (Lipinski definition) is 1. The van der Waals surface area contributed by atoms with Crippen molar-refractivity contribution in [1.82, 2.24) is 9.55 Å². The summed E-state index contributed by atoms with van der Waals surface area (Å²) in [7, 11) is 1.90. The number of aryl methyl sites for hydroxylation is 1. The van der Waals surface area contributed by atoms with Gasteiger partial charge in [0.05, 0.1) is 16.4 Å². The first-order valence-electron chi connectivity index (χ1n) is 6.87. The molecule has 0 saturated carbocycles. The molecule has 21 heavy (non-hydrogen) atoms. The van der Waals surface area contributed by atoms with E-state index >= 15 is 0 Å². The van der Waals surface area contributed by atoms with Gasteiger partial charge in [-0.05, 0) is 53.7 Å². The van der Waals surface area contributed by atoms with Gasteiger partial charge in [0.1, 0.15) is 0 Å². The van der Waals surface area contributed by atoms with Crippen molar-refractivity contribution in [3.05, 3.63) is 44.9 Å². The van der Waals surface area contributed by atoms with Crippen LogP contribution in [0.4, 0.5) is 5.69 Å². The molecule has 0 radical (unpaired) electrons. The molecule has 1 heterocycles. The summed E-state index contributed by atoms with van der Waals surface area (Å²) in [4.78, 5) is 16.9. The number of halogens is 2. The average molecular weight is 369 g/mol. The van der Waals surface area contributed by atoms with Crippen molar-refractivity contribution in [2.75, 3.05) is 5.32 Å². The van der Waals surface area contributed by atoms with Gasteiger partial charge in [0.2, 0.25) is 0 Å². The van der Waals surface area contributed by atoms with Crippen LogP contribution in [0.25, 0.3) is 0 Å².